The summed E-state index contributed by atoms with van der Waals surface area (Å²) in [5.74, 6) is 0. The number of hydrogen-bond acceptors (Lipinski definition) is 2. The maximum Gasteiger partial charge on any atom is 0.0488 e. The zero-order valence-electron chi connectivity index (χ0n) is 13.3. The molecule has 0 radical (unpaired) electrons. The molecule has 0 spiro atoms. The van der Waals surface area contributed by atoms with Crippen molar-refractivity contribution in [1.82, 2.24) is 9.47 Å². The van der Waals surface area contributed by atoms with Crippen LogP contribution in [-0.2, 0) is 13.1 Å². The van der Waals surface area contributed by atoms with Crippen LogP contribution >= 0.6 is 0 Å². The molecule has 114 valence electrons. The number of piperidine rings is 1. The zero-order valence-corrected chi connectivity index (χ0v) is 13.3. The zero-order chi connectivity index (χ0) is 14.8. The van der Waals surface area contributed by atoms with Gasteiger partial charge in [-0.15, -0.1) is 0 Å². The molecule has 0 aliphatic carbocycles. The first kappa shape index (κ1) is 14.6. The largest absolute Gasteiger partial charge is 0.341 e. The molecule has 1 saturated heterocycles. The summed E-state index contributed by atoms with van der Waals surface area (Å²) in [6.07, 6.45) is 4.08. The lowest BCUT2D eigenvalue weighted by Gasteiger charge is -2.27. The Morgan fingerprint density at radius 1 is 1.14 bits per heavy atom. The van der Waals surface area contributed by atoms with Crippen LogP contribution in [0.15, 0.2) is 24.3 Å². The number of rotatable bonds is 4. The van der Waals surface area contributed by atoms with Crippen LogP contribution in [0, 0.1) is 0 Å². The first-order valence-electron chi connectivity index (χ1n) is 8.25. The third kappa shape index (κ3) is 2.85. The molecule has 0 saturated carbocycles. The average molecular weight is 285 g/mol. The lowest BCUT2D eigenvalue weighted by atomic mass is 10.1. The van der Waals surface area contributed by atoms with Gasteiger partial charge in [0.1, 0.15) is 0 Å². The van der Waals surface area contributed by atoms with Crippen molar-refractivity contribution in [1.29, 1.82) is 0 Å². The van der Waals surface area contributed by atoms with Crippen LogP contribution in [0.2, 0.25) is 0 Å². The second kappa shape index (κ2) is 6.20. The van der Waals surface area contributed by atoms with E-state index in [1.807, 2.05) is 0 Å². The van der Waals surface area contributed by atoms with E-state index in [0.29, 0.717) is 12.6 Å². The Kier molecular flexibility index (Phi) is 4.32. The van der Waals surface area contributed by atoms with E-state index in [4.69, 9.17) is 5.73 Å². The molecule has 1 aliphatic heterocycles. The van der Waals surface area contributed by atoms with Gasteiger partial charge in [0.2, 0.25) is 0 Å². The van der Waals surface area contributed by atoms with Crippen LogP contribution in [-0.4, -0.2) is 22.6 Å². The summed E-state index contributed by atoms with van der Waals surface area (Å²) < 4.78 is 2.49. The molecule has 1 aromatic heterocycles. The Labute approximate surface area is 127 Å². The molecular formula is C18H27N3. The highest BCUT2D eigenvalue weighted by Gasteiger charge is 2.17. The molecule has 0 atom stereocenters. The standard InChI is InChI=1S/C18H27N3/c1-14(2)21-16(13-20-9-4-3-5-10-20)11-17-15(12-19)7-6-8-18(17)21/h6-8,11,14H,3-5,9-10,12-13,19H2,1-2H3. The van der Waals surface area contributed by atoms with E-state index >= 15 is 0 Å². The van der Waals surface area contributed by atoms with Gasteiger partial charge < -0.3 is 10.3 Å². The lowest BCUT2D eigenvalue weighted by Crippen LogP contribution is -2.30. The van der Waals surface area contributed by atoms with Crippen LogP contribution in [0.4, 0.5) is 0 Å². The highest BCUT2D eigenvalue weighted by Crippen LogP contribution is 2.28. The maximum absolute atomic E-state index is 5.92. The van der Waals surface area contributed by atoms with E-state index in [0.717, 1.165) is 6.54 Å². The Hall–Kier alpha value is -1.32. The minimum absolute atomic E-state index is 0.482. The van der Waals surface area contributed by atoms with Crippen molar-refractivity contribution in [3.05, 3.63) is 35.5 Å². The molecule has 3 rings (SSSR count). The van der Waals surface area contributed by atoms with Crippen molar-refractivity contribution in [3.63, 3.8) is 0 Å². The Morgan fingerprint density at radius 2 is 1.90 bits per heavy atom. The predicted molar refractivity (Wildman–Crippen MR) is 89.3 cm³/mol. The second-order valence-electron chi connectivity index (χ2n) is 6.49. The normalized spacial score (nSPS) is 17.0. The van der Waals surface area contributed by atoms with Crippen molar-refractivity contribution < 1.29 is 0 Å². The molecule has 0 bridgehead atoms. The number of fused-ring (bicyclic) bond motifs is 1. The van der Waals surface area contributed by atoms with E-state index < -0.39 is 0 Å². The molecule has 1 fully saturated rings. The monoisotopic (exact) mass is 285 g/mol. The molecule has 1 aliphatic rings. The Balaban J connectivity index is 2.01. The van der Waals surface area contributed by atoms with Crippen LogP contribution in [0.5, 0.6) is 0 Å². The van der Waals surface area contributed by atoms with Gasteiger partial charge in [0, 0.05) is 35.7 Å². The van der Waals surface area contributed by atoms with Crippen LogP contribution in [0.25, 0.3) is 10.9 Å². The second-order valence-corrected chi connectivity index (χ2v) is 6.49. The lowest BCUT2D eigenvalue weighted by molar-refractivity contribution is 0.215. The average Bonchev–Trinajstić information content (AvgIpc) is 2.86. The molecule has 3 heteroatoms. The minimum atomic E-state index is 0.482. The van der Waals surface area contributed by atoms with Gasteiger partial charge in [0.15, 0.2) is 0 Å². The van der Waals surface area contributed by atoms with Gasteiger partial charge in [-0.05, 0) is 57.5 Å². The summed E-state index contributed by atoms with van der Waals surface area (Å²) in [7, 11) is 0. The van der Waals surface area contributed by atoms with Gasteiger partial charge in [-0.3, -0.25) is 4.90 Å². The molecule has 2 heterocycles. The number of aromatic nitrogens is 1. The first-order valence-corrected chi connectivity index (χ1v) is 8.25. The third-order valence-electron chi connectivity index (χ3n) is 4.62. The van der Waals surface area contributed by atoms with Crippen molar-refractivity contribution in [2.24, 2.45) is 5.73 Å². The van der Waals surface area contributed by atoms with Crippen molar-refractivity contribution in [3.8, 4) is 0 Å². The highest BCUT2D eigenvalue weighted by molar-refractivity contribution is 5.85. The highest BCUT2D eigenvalue weighted by atomic mass is 15.2. The van der Waals surface area contributed by atoms with Gasteiger partial charge in [0.05, 0.1) is 0 Å². The van der Waals surface area contributed by atoms with Gasteiger partial charge >= 0.3 is 0 Å². The summed E-state index contributed by atoms with van der Waals surface area (Å²) in [6, 6.07) is 9.36. The molecule has 21 heavy (non-hydrogen) atoms. The van der Waals surface area contributed by atoms with Gasteiger partial charge in [-0.1, -0.05) is 18.6 Å². The maximum atomic E-state index is 5.92. The topological polar surface area (TPSA) is 34.2 Å². The molecule has 3 nitrogen and oxygen atoms in total. The summed E-state index contributed by atoms with van der Waals surface area (Å²) in [4.78, 5) is 2.60. The SMILES string of the molecule is CC(C)n1c(CN2CCCCC2)cc2c(CN)cccc21. The fraction of sp³-hybridized carbons (Fsp3) is 0.556. The third-order valence-corrected chi connectivity index (χ3v) is 4.62. The van der Waals surface area contributed by atoms with Crippen molar-refractivity contribution >= 4 is 10.9 Å². The molecule has 0 amide bonds. The molecule has 2 aromatic rings. The van der Waals surface area contributed by atoms with Crippen LogP contribution in [0.3, 0.4) is 0 Å². The summed E-state index contributed by atoms with van der Waals surface area (Å²) >= 11 is 0. The van der Waals surface area contributed by atoms with Crippen LogP contribution in [0.1, 0.15) is 50.4 Å². The summed E-state index contributed by atoms with van der Waals surface area (Å²) in [5.41, 5.74) is 9.94. The van der Waals surface area contributed by atoms with Gasteiger partial charge in [-0.2, -0.15) is 0 Å². The molecule has 0 unspecified atom stereocenters. The van der Waals surface area contributed by atoms with Crippen LogP contribution < -0.4 is 5.73 Å². The summed E-state index contributed by atoms with van der Waals surface area (Å²) in [6.45, 7) is 8.70. The van der Waals surface area contributed by atoms with E-state index in [9.17, 15) is 0 Å². The summed E-state index contributed by atoms with van der Waals surface area (Å²) in [5, 5.41) is 1.33. The fourth-order valence-corrected chi connectivity index (χ4v) is 3.62. The first-order chi connectivity index (χ1) is 10.2. The fourth-order valence-electron chi connectivity index (χ4n) is 3.62. The molecule has 2 N–H and O–H groups in total. The minimum Gasteiger partial charge on any atom is -0.341 e. The molecular weight excluding hydrogens is 258 g/mol. The number of benzene rings is 1. The van der Waals surface area contributed by atoms with Gasteiger partial charge in [0.25, 0.3) is 0 Å². The quantitative estimate of drug-likeness (QED) is 0.930. The van der Waals surface area contributed by atoms with Gasteiger partial charge in [-0.25, -0.2) is 0 Å². The van der Waals surface area contributed by atoms with E-state index in [2.05, 4.69) is 47.6 Å². The Bertz CT molecular complexity index is 606. The number of likely N-dealkylation sites (tertiary alicyclic amines) is 1. The Morgan fingerprint density at radius 3 is 2.57 bits per heavy atom. The number of nitrogens with zero attached hydrogens (tertiary/aromatic N) is 2. The van der Waals surface area contributed by atoms with E-state index in [1.165, 1.54) is 54.5 Å². The van der Waals surface area contributed by atoms with Crippen molar-refractivity contribution in [2.75, 3.05) is 13.1 Å². The smallest absolute Gasteiger partial charge is 0.0488 e. The van der Waals surface area contributed by atoms with Crippen molar-refractivity contribution in [2.45, 2.75) is 52.2 Å². The van der Waals surface area contributed by atoms with E-state index in [1.54, 1.807) is 0 Å². The van der Waals surface area contributed by atoms with E-state index in [-0.39, 0.29) is 0 Å². The predicted octanol–water partition coefficient (Wildman–Crippen LogP) is 3.67. The number of hydrogen-bond donors (Lipinski definition) is 1. The number of nitrogens with two attached hydrogens (primary N) is 1. The molecule has 1 aromatic carbocycles.